The summed E-state index contributed by atoms with van der Waals surface area (Å²) < 4.78 is 1.77. The Kier molecular flexibility index (Phi) is 5.85. The lowest BCUT2D eigenvalue weighted by atomic mass is 10.1. The van der Waals surface area contributed by atoms with Gasteiger partial charge in [-0.15, -0.1) is 10.2 Å². The van der Waals surface area contributed by atoms with Gasteiger partial charge in [0.2, 0.25) is 5.82 Å². The summed E-state index contributed by atoms with van der Waals surface area (Å²) >= 11 is 18.8. The maximum absolute atomic E-state index is 6.53. The predicted octanol–water partition coefficient (Wildman–Crippen LogP) is 5.90. The van der Waals surface area contributed by atoms with E-state index in [0.29, 0.717) is 38.8 Å². The third-order valence-electron chi connectivity index (χ3n) is 5.07. The van der Waals surface area contributed by atoms with Gasteiger partial charge in [0.05, 0.1) is 22.1 Å². The molecule has 0 saturated carbocycles. The first-order valence-electron chi connectivity index (χ1n) is 9.98. The Morgan fingerprint density at radius 2 is 1.67 bits per heavy atom. The van der Waals surface area contributed by atoms with E-state index < -0.39 is 0 Å². The number of hydrogen-bond donors (Lipinski definition) is 0. The lowest BCUT2D eigenvalue weighted by molar-refractivity contribution is 0.564. The summed E-state index contributed by atoms with van der Waals surface area (Å²) in [6.45, 7) is 2.37. The minimum Gasteiger partial charge on any atom is -0.259 e. The van der Waals surface area contributed by atoms with Crippen LogP contribution >= 0.6 is 34.8 Å². The molecule has 2 aromatic carbocycles. The lowest BCUT2D eigenvalue weighted by Crippen LogP contribution is -2.05. The van der Waals surface area contributed by atoms with Gasteiger partial charge in [-0.05, 0) is 54.6 Å². The summed E-state index contributed by atoms with van der Waals surface area (Å²) in [6.07, 6.45) is 1.73. The van der Waals surface area contributed by atoms with Gasteiger partial charge in [0, 0.05) is 27.4 Å². The summed E-state index contributed by atoms with van der Waals surface area (Å²) in [4.78, 5) is 5.80. The van der Waals surface area contributed by atoms with Crippen molar-refractivity contribution in [1.82, 2.24) is 35.0 Å². The van der Waals surface area contributed by atoms with Crippen LogP contribution in [0, 0.1) is 6.92 Å². The van der Waals surface area contributed by atoms with Gasteiger partial charge in [0.25, 0.3) is 0 Å². The molecule has 3 aromatic heterocycles. The van der Waals surface area contributed by atoms with Gasteiger partial charge >= 0.3 is 0 Å². The first-order chi connectivity index (χ1) is 16.0. The van der Waals surface area contributed by atoms with Crippen molar-refractivity contribution in [3.05, 3.63) is 93.2 Å². The second-order valence-corrected chi connectivity index (χ2v) is 8.58. The van der Waals surface area contributed by atoms with Gasteiger partial charge in [-0.1, -0.05) is 53.0 Å². The summed E-state index contributed by atoms with van der Waals surface area (Å²) in [7, 11) is 0. The van der Waals surface area contributed by atoms with Crippen molar-refractivity contribution in [3.63, 3.8) is 0 Å². The van der Waals surface area contributed by atoms with Gasteiger partial charge < -0.3 is 0 Å². The third-order valence-corrected chi connectivity index (χ3v) is 5.86. The number of hydrogen-bond acceptors (Lipinski definition) is 5. The Labute approximate surface area is 204 Å². The molecule has 10 heteroatoms. The van der Waals surface area contributed by atoms with E-state index in [-0.39, 0.29) is 0 Å². The van der Waals surface area contributed by atoms with E-state index >= 15 is 0 Å². The average molecular weight is 497 g/mol. The second kappa shape index (κ2) is 8.94. The Morgan fingerprint density at radius 1 is 0.879 bits per heavy atom. The van der Waals surface area contributed by atoms with E-state index in [1.165, 1.54) is 4.80 Å². The average Bonchev–Trinajstić information content (AvgIpc) is 3.39. The van der Waals surface area contributed by atoms with E-state index in [1.54, 1.807) is 23.0 Å². The highest BCUT2D eigenvalue weighted by Crippen LogP contribution is 2.35. The zero-order chi connectivity index (χ0) is 22.9. The standard InChI is InChI=1S/C23H16Cl3N7/c1-14-21(23-28-31-32(30-23)13-18-4-2-3-11-27-18)29-33(20-10-9-17(25)12-19(20)26)22(14)15-5-7-16(24)8-6-15/h2-12H,13H2,1H3. The number of nitrogens with zero attached hydrogens (tertiary/aromatic N) is 7. The molecule has 0 bridgehead atoms. The maximum atomic E-state index is 6.53. The fraction of sp³-hybridized carbons (Fsp3) is 0.0870. The normalized spacial score (nSPS) is 11.2. The Morgan fingerprint density at radius 3 is 2.39 bits per heavy atom. The van der Waals surface area contributed by atoms with Gasteiger partial charge in [0.1, 0.15) is 12.2 Å². The first kappa shape index (κ1) is 21.6. The third kappa shape index (κ3) is 4.35. The van der Waals surface area contributed by atoms with Crippen molar-refractivity contribution in [2.75, 3.05) is 0 Å². The summed E-state index contributed by atoms with van der Waals surface area (Å²) in [5, 5.41) is 19.4. The Bertz CT molecular complexity index is 1430. The number of aromatic nitrogens is 7. The molecule has 0 fully saturated rings. The highest BCUT2D eigenvalue weighted by atomic mass is 35.5. The molecular formula is C23H16Cl3N7. The zero-order valence-corrected chi connectivity index (χ0v) is 19.6. The van der Waals surface area contributed by atoms with E-state index in [0.717, 1.165) is 22.5 Å². The molecule has 0 amide bonds. The van der Waals surface area contributed by atoms with Gasteiger partial charge in [-0.25, -0.2) is 4.68 Å². The van der Waals surface area contributed by atoms with Crippen LogP contribution in [0.5, 0.6) is 0 Å². The molecule has 164 valence electrons. The second-order valence-electron chi connectivity index (χ2n) is 7.30. The minimum atomic E-state index is 0.403. The molecule has 3 heterocycles. The van der Waals surface area contributed by atoms with Gasteiger partial charge in [-0.2, -0.15) is 9.90 Å². The topological polar surface area (TPSA) is 74.3 Å². The van der Waals surface area contributed by atoms with Gasteiger partial charge in [0.15, 0.2) is 0 Å². The Hall–Kier alpha value is -3.26. The van der Waals surface area contributed by atoms with Crippen molar-refractivity contribution in [2.24, 2.45) is 0 Å². The molecule has 7 nitrogen and oxygen atoms in total. The highest BCUT2D eigenvalue weighted by Gasteiger charge is 2.23. The number of tetrazole rings is 1. The van der Waals surface area contributed by atoms with Crippen LogP contribution in [-0.4, -0.2) is 35.0 Å². The van der Waals surface area contributed by atoms with E-state index in [1.807, 2.05) is 55.5 Å². The molecule has 0 aliphatic heterocycles. The SMILES string of the molecule is Cc1c(-c2nnn(Cc3ccccn3)n2)nn(-c2ccc(Cl)cc2Cl)c1-c1ccc(Cl)cc1. The monoisotopic (exact) mass is 495 g/mol. The molecule has 5 rings (SSSR count). The van der Waals surface area contributed by atoms with Crippen molar-refractivity contribution < 1.29 is 0 Å². The minimum absolute atomic E-state index is 0.403. The van der Waals surface area contributed by atoms with E-state index in [9.17, 15) is 0 Å². The number of pyridine rings is 1. The summed E-state index contributed by atoms with van der Waals surface area (Å²) in [6, 6.07) is 18.5. The molecule has 0 atom stereocenters. The maximum Gasteiger partial charge on any atom is 0.225 e. The molecule has 0 spiro atoms. The van der Waals surface area contributed by atoms with Crippen molar-refractivity contribution in [3.8, 4) is 28.5 Å². The van der Waals surface area contributed by atoms with Crippen LogP contribution in [0.2, 0.25) is 15.1 Å². The smallest absolute Gasteiger partial charge is 0.225 e. The van der Waals surface area contributed by atoms with Crippen LogP contribution in [0.15, 0.2) is 66.9 Å². The van der Waals surface area contributed by atoms with Crippen LogP contribution in [-0.2, 0) is 6.54 Å². The van der Waals surface area contributed by atoms with E-state index in [2.05, 4.69) is 20.4 Å². The molecule has 0 N–H and O–H groups in total. The van der Waals surface area contributed by atoms with Crippen molar-refractivity contribution in [2.45, 2.75) is 13.5 Å². The molecule has 0 aliphatic rings. The van der Waals surface area contributed by atoms with E-state index in [4.69, 9.17) is 39.9 Å². The predicted molar refractivity (Wildman–Crippen MR) is 129 cm³/mol. The number of rotatable bonds is 5. The molecule has 33 heavy (non-hydrogen) atoms. The lowest BCUT2D eigenvalue weighted by Gasteiger charge is -2.11. The number of benzene rings is 2. The fourth-order valence-electron chi connectivity index (χ4n) is 3.52. The molecule has 0 radical (unpaired) electrons. The van der Waals surface area contributed by atoms with Crippen molar-refractivity contribution in [1.29, 1.82) is 0 Å². The van der Waals surface area contributed by atoms with Crippen LogP contribution in [0.4, 0.5) is 0 Å². The molecular weight excluding hydrogens is 481 g/mol. The molecule has 0 saturated heterocycles. The van der Waals surface area contributed by atoms with Crippen molar-refractivity contribution >= 4 is 34.8 Å². The van der Waals surface area contributed by atoms with Crippen LogP contribution in [0.1, 0.15) is 11.3 Å². The summed E-state index contributed by atoms with van der Waals surface area (Å²) in [5.74, 6) is 0.405. The first-order valence-corrected chi connectivity index (χ1v) is 11.1. The van der Waals surface area contributed by atoms with Gasteiger partial charge in [-0.3, -0.25) is 4.98 Å². The van der Waals surface area contributed by atoms with Crippen LogP contribution in [0.25, 0.3) is 28.5 Å². The molecule has 0 aliphatic carbocycles. The molecule has 5 aromatic rings. The largest absolute Gasteiger partial charge is 0.259 e. The molecule has 0 unspecified atom stereocenters. The Balaban J connectivity index is 1.63. The van der Waals surface area contributed by atoms with Crippen LogP contribution < -0.4 is 0 Å². The quantitative estimate of drug-likeness (QED) is 0.303. The highest BCUT2D eigenvalue weighted by molar-refractivity contribution is 6.35. The zero-order valence-electron chi connectivity index (χ0n) is 17.3. The fourth-order valence-corrected chi connectivity index (χ4v) is 4.14. The summed E-state index contributed by atoms with van der Waals surface area (Å²) in [5.41, 5.74) is 4.74. The van der Waals surface area contributed by atoms with Crippen LogP contribution in [0.3, 0.4) is 0 Å². The number of halogens is 3.